The lowest BCUT2D eigenvalue weighted by Gasteiger charge is -2.20. The number of ether oxygens (including phenoxy) is 2. The Kier molecular flexibility index (Phi) is 3.48. The minimum Gasteiger partial charge on any atom is -0.486 e. The number of hydrogen-bond acceptors (Lipinski definition) is 4. The standard InChI is InChI=1S/C10H11ClFNO3/c11-8-9(12)6(1-2-16-13)5-7-10(8)15-4-3-14-7/h5H,1-4,13H2. The van der Waals surface area contributed by atoms with Crippen LogP contribution in [0.2, 0.25) is 5.02 Å². The molecule has 0 saturated heterocycles. The molecule has 0 radical (unpaired) electrons. The van der Waals surface area contributed by atoms with Crippen LogP contribution in [0.4, 0.5) is 4.39 Å². The van der Waals surface area contributed by atoms with Crippen LogP contribution in [0.3, 0.4) is 0 Å². The quantitative estimate of drug-likeness (QED) is 0.826. The third kappa shape index (κ3) is 2.07. The Labute approximate surface area is 97.0 Å². The molecule has 16 heavy (non-hydrogen) atoms. The summed E-state index contributed by atoms with van der Waals surface area (Å²) in [6, 6.07) is 1.56. The second-order valence-electron chi connectivity index (χ2n) is 3.31. The Hall–Kier alpha value is -1.04. The van der Waals surface area contributed by atoms with Crippen LogP contribution in [0, 0.1) is 5.82 Å². The van der Waals surface area contributed by atoms with Crippen molar-refractivity contribution in [3.05, 3.63) is 22.5 Å². The highest BCUT2D eigenvalue weighted by molar-refractivity contribution is 6.32. The summed E-state index contributed by atoms with van der Waals surface area (Å²) in [5.41, 5.74) is 0.403. The van der Waals surface area contributed by atoms with Gasteiger partial charge in [-0.25, -0.2) is 10.3 Å². The van der Waals surface area contributed by atoms with E-state index in [1.807, 2.05) is 0 Å². The fraction of sp³-hybridized carbons (Fsp3) is 0.400. The van der Waals surface area contributed by atoms with Gasteiger partial charge in [0, 0.05) is 6.42 Å². The smallest absolute Gasteiger partial charge is 0.182 e. The lowest BCUT2D eigenvalue weighted by Crippen LogP contribution is -2.17. The molecule has 0 atom stereocenters. The summed E-state index contributed by atoms with van der Waals surface area (Å²) in [7, 11) is 0. The van der Waals surface area contributed by atoms with Crippen molar-refractivity contribution < 1.29 is 18.7 Å². The molecule has 0 aliphatic carbocycles. The second kappa shape index (κ2) is 4.86. The van der Waals surface area contributed by atoms with Gasteiger partial charge in [-0.05, 0) is 11.6 Å². The van der Waals surface area contributed by atoms with E-state index in [1.54, 1.807) is 6.07 Å². The van der Waals surface area contributed by atoms with Crippen molar-refractivity contribution >= 4 is 11.6 Å². The summed E-state index contributed by atoms with van der Waals surface area (Å²) >= 11 is 5.84. The molecule has 0 saturated carbocycles. The van der Waals surface area contributed by atoms with Crippen molar-refractivity contribution in [2.45, 2.75) is 6.42 Å². The number of rotatable bonds is 3. The average molecular weight is 248 g/mol. The van der Waals surface area contributed by atoms with E-state index in [0.717, 1.165) is 0 Å². The van der Waals surface area contributed by atoms with Crippen molar-refractivity contribution in [1.29, 1.82) is 0 Å². The van der Waals surface area contributed by atoms with Crippen molar-refractivity contribution in [3.63, 3.8) is 0 Å². The molecule has 6 heteroatoms. The van der Waals surface area contributed by atoms with Crippen LogP contribution >= 0.6 is 11.6 Å². The zero-order valence-electron chi connectivity index (χ0n) is 8.46. The van der Waals surface area contributed by atoms with Gasteiger partial charge in [0.05, 0.1) is 6.61 Å². The number of benzene rings is 1. The van der Waals surface area contributed by atoms with Gasteiger partial charge in [0.2, 0.25) is 0 Å². The molecule has 0 aromatic heterocycles. The summed E-state index contributed by atoms with van der Waals surface area (Å²) in [5.74, 6) is 5.11. The van der Waals surface area contributed by atoms with Gasteiger partial charge < -0.3 is 14.3 Å². The largest absolute Gasteiger partial charge is 0.486 e. The van der Waals surface area contributed by atoms with E-state index >= 15 is 0 Å². The van der Waals surface area contributed by atoms with E-state index < -0.39 is 5.82 Å². The minimum absolute atomic E-state index is 0.0516. The number of halogens is 2. The minimum atomic E-state index is -0.511. The predicted octanol–water partition coefficient (Wildman–Crippen LogP) is 1.68. The molecule has 2 N–H and O–H groups in total. The lowest BCUT2D eigenvalue weighted by molar-refractivity contribution is 0.140. The number of hydrogen-bond donors (Lipinski definition) is 1. The van der Waals surface area contributed by atoms with Gasteiger partial charge in [-0.2, -0.15) is 0 Å². The maximum Gasteiger partial charge on any atom is 0.182 e. The van der Waals surface area contributed by atoms with Crippen LogP contribution in [0.5, 0.6) is 11.5 Å². The molecular formula is C10H11ClFNO3. The molecule has 0 bridgehead atoms. The molecule has 0 unspecified atom stereocenters. The number of fused-ring (bicyclic) bond motifs is 1. The van der Waals surface area contributed by atoms with Crippen LogP contribution in [-0.2, 0) is 11.3 Å². The van der Waals surface area contributed by atoms with Crippen molar-refractivity contribution in [1.82, 2.24) is 0 Å². The van der Waals surface area contributed by atoms with Crippen LogP contribution in [0.1, 0.15) is 5.56 Å². The van der Waals surface area contributed by atoms with E-state index in [4.69, 9.17) is 27.0 Å². The van der Waals surface area contributed by atoms with Crippen LogP contribution in [-0.4, -0.2) is 19.8 Å². The summed E-state index contributed by atoms with van der Waals surface area (Å²) in [6.45, 7) is 1.02. The molecule has 1 aromatic carbocycles. The first-order valence-corrected chi connectivity index (χ1v) is 5.20. The van der Waals surface area contributed by atoms with E-state index in [-0.39, 0.29) is 17.4 Å². The molecular weight excluding hydrogens is 237 g/mol. The average Bonchev–Trinajstić information content (AvgIpc) is 2.32. The first kappa shape index (κ1) is 11.4. The normalized spacial score (nSPS) is 13.9. The fourth-order valence-electron chi connectivity index (χ4n) is 1.52. The van der Waals surface area contributed by atoms with Gasteiger partial charge in [-0.1, -0.05) is 11.6 Å². The van der Waals surface area contributed by atoms with Gasteiger partial charge in [0.25, 0.3) is 0 Å². The summed E-state index contributed by atoms with van der Waals surface area (Å²) in [4.78, 5) is 4.40. The topological polar surface area (TPSA) is 53.7 Å². The van der Waals surface area contributed by atoms with Crippen LogP contribution in [0.15, 0.2) is 6.07 Å². The van der Waals surface area contributed by atoms with Crippen molar-refractivity contribution in [2.75, 3.05) is 19.8 Å². The summed E-state index contributed by atoms with van der Waals surface area (Å²) in [5, 5.41) is -0.0516. The van der Waals surface area contributed by atoms with Gasteiger partial charge >= 0.3 is 0 Å². The lowest BCUT2D eigenvalue weighted by atomic mass is 10.1. The SMILES string of the molecule is NOCCc1cc2c(c(Cl)c1F)OCCO2. The van der Waals surface area contributed by atoms with E-state index in [2.05, 4.69) is 4.84 Å². The molecule has 2 rings (SSSR count). The zero-order chi connectivity index (χ0) is 11.5. The maximum atomic E-state index is 13.7. The summed E-state index contributed by atoms with van der Waals surface area (Å²) < 4.78 is 24.3. The zero-order valence-corrected chi connectivity index (χ0v) is 9.22. The molecule has 1 aliphatic heterocycles. The maximum absolute atomic E-state index is 13.7. The molecule has 0 spiro atoms. The van der Waals surface area contributed by atoms with Gasteiger partial charge in [-0.3, -0.25) is 0 Å². The predicted molar refractivity (Wildman–Crippen MR) is 56.2 cm³/mol. The highest BCUT2D eigenvalue weighted by Crippen LogP contribution is 2.40. The highest BCUT2D eigenvalue weighted by Gasteiger charge is 2.21. The van der Waals surface area contributed by atoms with Gasteiger partial charge in [0.15, 0.2) is 11.5 Å². The molecule has 0 fully saturated rings. The molecule has 1 heterocycles. The number of nitrogens with two attached hydrogens (primary N) is 1. The van der Waals surface area contributed by atoms with Crippen molar-refractivity contribution in [3.8, 4) is 11.5 Å². The van der Waals surface area contributed by atoms with E-state index in [9.17, 15) is 4.39 Å². The van der Waals surface area contributed by atoms with Crippen LogP contribution in [0.25, 0.3) is 0 Å². The molecule has 1 aliphatic rings. The Morgan fingerprint density at radius 2 is 2.19 bits per heavy atom. The third-order valence-corrected chi connectivity index (χ3v) is 2.62. The molecule has 4 nitrogen and oxygen atoms in total. The van der Waals surface area contributed by atoms with E-state index in [1.165, 1.54) is 0 Å². The molecule has 88 valence electrons. The monoisotopic (exact) mass is 247 g/mol. The molecule has 1 aromatic rings. The first-order chi connectivity index (χ1) is 7.74. The third-order valence-electron chi connectivity index (χ3n) is 2.28. The molecule has 0 amide bonds. The summed E-state index contributed by atoms with van der Waals surface area (Å²) in [6.07, 6.45) is 0.332. The first-order valence-electron chi connectivity index (χ1n) is 4.82. The van der Waals surface area contributed by atoms with Crippen molar-refractivity contribution in [2.24, 2.45) is 5.90 Å². The van der Waals surface area contributed by atoms with Gasteiger partial charge in [-0.15, -0.1) is 0 Å². The van der Waals surface area contributed by atoms with E-state index in [0.29, 0.717) is 30.9 Å². The fourth-order valence-corrected chi connectivity index (χ4v) is 1.79. The van der Waals surface area contributed by atoms with Gasteiger partial charge in [0.1, 0.15) is 24.1 Å². The highest BCUT2D eigenvalue weighted by atomic mass is 35.5. The Bertz CT molecular complexity index is 400. The Morgan fingerprint density at radius 1 is 1.44 bits per heavy atom. The second-order valence-corrected chi connectivity index (χ2v) is 3.69. The van der Waals surface area contributed by atoms with Crippen LogP contribution < -0.4 is 15.4 Å². The Balaban J connectivity index is 2.36. The Morgan fingerprint density at radius 3 is 2.94 bits per heavy atom.